The Morgan fingerprint density at radius 1 is 1.26 bits per heavy atom. The number of aryl methyl sites for hydroxylation is 1. The molecule has 0 radical (unpaired) electrons. The summed E-state index contributed by atoms with van der Waals surface area (Å²) in [4.78, 5) is 31.2. The van der Waals surface area contributed by atoms with E-state index in [0.717, 1.165) is 5.56 Å². The number of anilines is 1. The van der Waals surface area contributed by atoms with Crippen LogP contribution in [0.1, 0.15) is 18.4 Å². The fourth-order valence-electron chi connectivity index (χ4n) is 2.19. The molecule has 0 bridgehead atoms. The quantitative estimate of drug-likeness (QED) is 0.822. The van der Waals surface area contributed by atoms with Crippen molar-refractivity contribution in [3.8, 4) is 11.8 Å². The molecule has 0 atom stereocenters. The second-order valence-corrected chi connectivity index (χ2v) is 5.45. The summed E-state index contributed by atoms with van der Waals surface area (Å²) in [7, 11) is 0. The van der Waals surface area contributed by atoms with Crippen LogP contribution in [0.3, 0.4) is 0 Å². The summed E-state index contributed by atoms with van der Waals surface area (Å²) in [6.45, 7) is 1.80. The van der Waals surface area contributed by atoms with Gasteiger partial charge in [-0.15, -0.1) is 0 Å². The number of ether oxygens (including phenoxy) is 1. The summed E-state index contributed by atoms with van der Waals surface area (Å²) in [6, 6.07) is 6.98. The molecule has 2 aromatic rings. The van der Waals surface area contributed by atoms with E-state index in [1.165, 1.54) is 0 Å². The largest absolute Gasteiger partial charge is 0.480 e. The summed E-state index contributed by atoms with van der Waals surface area (Å²) < 4.78 is 5.51. The van der Waals surface area contributed by atoms with Gasteiger partial charge in [0.2, 0.25) is 5.91 Å². The number of rotatable bonds is 5. The molecule has 1 aliphatic rings. The first kappa shape index (κ1) is 15.0. The summed E-state index contributed by atoms with van der Waals surface area (Å²) in [5, 5.41) is 11.8. The maximum atomic E-state index is 12.1. The van der Waals surface area contributed by atoms with E-state index in [1.807, 2.05) is 0 Å². The van der Waals surface area contributed by atoms with Crippen molar-refractivity contribution < 1.29 is 19.4 Å². The third-order valence-electron chi connectivity index (χ3n) is 3.79. The van der Waals surface area contributed by atoms with Crippen molar-refractivity contribution in [2.45, 2.75) is 19.8 Å². The van der Waals surface area contributed by atoms with Gasteiger partial charge in [-0.2, -0.15) is 0 Å². The number of aliphatic carboxylic acids is 1. The number of aromatic nitrogens is 2. The first-order valence-electron chi connectivity index (χ1n) is 7.12. The van der Waals surface area contributed by atoms with Crippen molar-refractivity contribution in [3.05, 3.63) is 42.2 Å². The number of nitrogens with zero attached hydrogens (tertiary/aromatic N) is 2. The van der Waals surface area contributed by atoms with Crippen LogP contribution in [0.5, 0.6) is 11.8 Å². The lowest BCUT2D eigenvalue weighted by molar-refractivity contribution is -0.147. The molecule has 1 aromatic heterocycles. The molecule has 23 heavy (non-hydrogen) atoms. The number of hydrogen-bond acceptors (Lipinski definition) is 5. The molecule has 1 amide bonds. The second kappa shape index (κ2) is 5.68. The van der Waals surface area contributed by atoms with Crippen LogP contribution < -0.4 is 10.1 Å². The van der Waals surface area contributed by atoms with Gasteiger partial charge in [-0.05, 0) is 49.6 Å². The number of hydrogen-bond donors (Lipinski definition) is 2. The molecule has 118 valence electrons. The Labute approximate surface area is 132 Å². The van der Waals surface area contributed by atoms with E-state index in [-0.39, 0.29) is 6.01 Å². The molecule has 1 fully saturated rings. The zero-order valence-corrected chi connectivity index (χ0v) is 12.4. The van der Waals surface area contributed by atoms with Crippen molar-refractivity contribution in [3.63, 3.8) is 0 Å². The highest BCUT2D eigenvalue weighted by molar-refractivity contribution is 6.11. The van der Waals surface area contributed by atoms with Crippen LogP contribution in [-0.2, 0) is 9.59 Å². The summed E-state index contributed by atoms with van der Waals surface area (Å²) in [6.07, 6.45) is 3.90. The average molecular weight is 313 g/mol. The summed E-state index contributed by atoms with van der Waals surface area (Å²) in [5.74, 6) is -1.02. The number of carbonyl (C=O) groups excluding carboxylic acids is 1. The fraction of sp³-hybridized carbons (Fsp3) is 0.250. The zero-order valence-electron chi connectivity index (χ0n) is 12.4. The number of amides is 1. The monoisotopic (exact) mass is 313 g/mol. The average Bonchev–Trinajstić information content (AvgIpc) is 3.33. The normalized spacial score (nSPS) is 14.8. The van der Waals surface area contributed by atoms with E-state index in [0.29, 0.717) is 24.3 Å². The number of carbonyl (C=O) groups is 2. The standard InChI is InChI=1S/C16H15N3O4/c1-10-9-11(23-15-17-7-2-8-18-15)3-4-12(10)19-13(20)16(5-6-16)14(21)22/h2-4,7-9H,5-6H2,1H3,(H,19,20)(H,21,22). The first-order valence-corrected chi connectivity index (χ1v) is 7.12. The Kier molecular flexibility index (Phi) is 3.69. The molecule has 2 N–H and O–H groups in total. The number of nitrogens with one attached hydrogen (secondary N) is 1. The Bertz CT molecular complexity index is 757. The lowest BCUT2D eigenvalue weighted by Crippen LogP contribution is -2.31. The van der Waals surface area contributed by atoms with Crippen molar-refractivity contribution in [1.82, 2.24) is 9.97 Å². The number of carboxylic acids is 1. The molecule has 1 saturated carbocycles. The smallest absolute Gasteiger partial charge is 0.321 e. The Hall–Kier alpha value is -2.96. The van der Waals surface area contributed by atoms with Crippen LogP contribution in [0.4, 0.5) is 5.69 Å². The maximum absolute atomic E-state index is 12.1. The van der Waals surface area contributed by atoms with Crippen LogP contribution in [-0.4, -0.2) is 27.0 Å². The SMILES string of the molecule is Cc1cc(Oc2ncccn2)ccc1NC(=O)C1(C(=O)O)CC1. The third kappa shape index (κ3) is 2.98. The van der Waals surface area contributed by atoms with Crippen molar-refractivity contribution in [1.29, 1.82) is 0 Å². The predicted octanol–water partition coefficient (Wildman–Crippen LogP) is 2.38. The maximum Gasteiger partial charge on any atom is 0.321 e. The lowest BCUT2D eigenvalue weighted by Gasteiger charge is -2.13. The molecule has 3 rings (SSSR count). The van der Waals surface area contributed by atoms with Gasteiger partial charge in [0.1, 0.15) is 11.2 Å². The van der Waals surface area contributed by atoms with Gasteiger partial charge in [-0.3, -0.25) is 9.59 Å². The molecule has 7 nitrogen and oxygen atoms in total. The Morgan fingerprint density at radius 2 is 1.96 bits per heavy atom. The van der Waals surface area contributed by atoms with Gasteiger partial charge in [0.25, 0.3) is 0 Å². The van der Waals surface area contributed by atoms with Gasteiger partial charge in [0, 0.05) is 18.1 Å². The molecule has 0 unspecified atom stereocenters. The molecule has 1 heterocycles. The minimum atomic E-state index is -1.26. The Morgan fingerprint density at radius 3 is 2.52 bits per heavy atom. The van der Waals surface area contributed by atoms with Gasteiger partial charge in [0.05, 0.1) is 0 Å². The Balaban J connectivity index is 1.73. The van der Waals surface area contributed by atoms with E-state index >= 15 is 0 Å². The van der Waals surface area contributed by atoms with E-state index in [1.54, 1.807) is 43.6 Å². The van der Waals surface area contributed by atoms with Gasteiger partial charge < -0.3 is 15.2 Å². The lowest BCUT2D eigenvalue weighted by atomic mass is 10.1. The van der Waals surface area contributed by atoms with Gasteiger partial charge in [0.15, 0.2) is 0 Å². The highest BCUT2D eigenvalue weighted by atomic mass is 16.5. The molecule has 1 aromatic carbocycles. The molecule has 0 saturated heterocycles. The van der Waals surface area contributed by atoms with Crippen LogP contribution in [0, 0.1) is 12.3 Å². The minimum Gasteiger partial charge on any atom is -0.480 e. The second-order valence-electron chi connectivity index (χ2n) is 5.45. The van der Waals surface area contributed by atoms with Crippen molar-refractivity contribution >= 4 is 17.6 Å². The molecule has 0 spiro atoms. The first-order chi connectivity index (χ1) is 11.0. The van der Waals surface area contributed by atoms with Gasteiger partial charge in [-0.25, -0.2) is 9.97 Å². The van der Waals surface area contributed by atoms with Crippen LogP contribution in [0.15, 0.2) is 36.7 Å². The third-order valence-corrected chi connectivity index (χ3v) is 3.79. The van der Waals surface area contributed by atoms with E-state index in [4.69, 9.17) is 9.84 Å². The van der Waals surface area contributed by atoms with E-state index in [2.05, 4.69) is 15.3 Å². The highest BCUT2D eigenvalue weighted by Crippen LogP contribution is 2.47. The molecule has 1 aliphatic carbocycles. The van der Waals surface area contributed by atoms with E-state index < -0.39 is 17.3 Å². The number of benzene rings is 1. The van der Waals surface area contributed by atoms with Gasteiger partial charge in [-0.1, -0.05) is 0 Å². The van der Waals surface area contributed by atoms with E-state index in [9.17, 15) is 9.59 Å². The fourth-order valence-corrected chi connectivity index (χ4v) is 2.19. The zero-order chi connectivity index (χ0) is 16.4. The summed E-state index contributed by atoms with van der Waals surface area (Å²) in [5.41, 5.74) is 0.0521. The number of carboxylic acid groups (broad SMARTS) is 1. The summed E-state index contributed by atoms with van der Waals surface area (Å²) >= 11 is 0. The van der Waals surface area contributed by atoms with Crippen LogP contribution >= 0.6 is 0 Å². The van der Waals surface area contributed by atoms with Crippen molar-refractivity contribution in [2.24, 2.45) is 5.41 Å². The van der Waals surface area contributed by atoms with Crippen molar-refractivity contribution in [2.75, 3.05) is 5.32 Å². The van der Waals surface area contributed by atoms with Gasteiger partial charge >= 0.3 is 12.0 Å². The predicted molar refractivity (Wildman–Crippen MR) is 81.2 cm³/mol. The molecule has 7 heteroatoms. The topological polar surface area (TPSA) is 101 Å². The highest BCUT2D eigenvalue weighted by Gasteiger charge is 2.57. The minimum absolute atomic E-state index is 0.228. The van der Waals surface area contributed by atoms with Crippen LogP contribution in [0.2, 0.25) is 0 Å². The van der Waals surface area contributed by atoms with Crippen LogP contribution in [0.25, 0.3) is 0 Å². The molecular formula is C16H15N3O4. The molecule has 0 aliphatic heterocycles. The molecular weight excluding hydrogens is 298 g/mol.